The summed E-state index contributed by atoms with van der Waals surface area (Å²) in [4.78, 5) is 11.8. The summed E-state index contributed by atoms with van der Waals surface area (Å²) in [5, 5.41) is 8.12. The predicted molar refractivity (Wildman–Crippen MR) is 119 cm³/mol. The van der Waals surface area contributed by atoms with Gasteiger partial charge in [0.2, 0.25) is 0 Å². The third-order valence-corrected chi connectivity index (χ3v) is 5.68. The van der Waals surface area contributed by atoms with Crippen LogP contribution in [0.5, 0.6) is 0 Å². The molecule has 4 aromatic rings. The van der Waals surface area contributed by atoms with Crippen LogP contribution in [0, 0.1) is 0 Å². The Morgan fingerprint density at radius 1 is 1.00 bits per heavy atom. The van der Waals surface area contributed by atoms with Crippen LogP contribution in [0.25, 0.3) is 22.6 Å². The van der Waals surface area contributed by atoms with E-state index in [1.54, 1.807) is 0 Å². The van der Waals surface area contributed by atoms with Crippen LogP contribution < -0.4 is 5.73 Å². The minimum absolute atomic E-state index is 0.728. The number of aromatic nitrogens is 4. The molecule has 6 nitrogen and oxygen atoms in total. The number of anilines is 1. The van der Waals surface area contributed by atoms with E-state index in [2.05, 4.69) is 20.1 Å². The fourth-order valence-corrected chi connectivity index (χ4v) is 3.95. The first-order chi connectivity index (χ1) is 14.7. The van der Waals surface area contributed by atoms with Gasteiger partial charge < -0.3 is 5.73 Å². The topological polar surface area (TPSA) is 83.7 Å². The molecule has 0 saturated heterocycles. The highest BCUT2D eigenvalue weighted by molar-refractivity contribution is 6.30. The number of hydrogen-bond acceptors (Lipinski definition) is 5. The molecule has 150 valence electrons. The Hall–Kier alpha value is -3.22. The Morgan fingerprint density at radius 3 is 2.57 bits per heavy atom. The van der Waals surface area contributed by atoms with Gasteiger partial charge in [0.15, 0.2) is 5.82 Å². The molecular formula is C23H21ClN6. The van der Waals surface area contributed by atoms with Gasteiger partial charge in [-0.05, 0) is 42.0 Å². The zero-order chi connectivity index (χ0) is 20.5. The molecule has 3 heterocycles. The maximum atomic E-state index is 6.02. The summed E-state index contributed by atoms with van der Waals surface area (Å²) in [7, 11) is 0. The SMILES string of the molecule is Nc1ccc(-c2ncc3c(n2)CCN(Cc2cn[nH]c2-c2ccc(Cl)cc2)C3)cc1. The number of nitrogen functional groups attached to an aromatic ring is 1. The van der Waals surface area contributed by atoms with Crippen LogP contribution in [0.2, 0.25) is 5.02 Å². The molecule has 0 spiro atoms. The van der Waals surface area contributed by atoms with E-state index in [9.17, 15) is 0 Å². The predicted octanol–water partition coefficient (Wildman–Crippen LogP) is 4.33. The van der Waals surface area contributed by atoms with Crippen LogP contribution in [0.4, 0.5) is 5.69 Å². The largest absolute Gasteiger partial charge is 0.399 e. The van der Waals surface area contributed by atoms with Crippen LogP contribution in [0.1, 0.15) is 16.8 Å². The molecule has 0 aliphatic carbocycles. The highest BCUT2D eigenvalue weighted by atomic mass is 35.5. The molecule has 0 radical (unpaired) electrons. The Balaban J connectivity index is 1.33. The average molecular weight is 417 g/mol. The third-order valence-electron chi connectivity index (χ3n) is 5.43. The van der Waals surface area contributed by atoms with Gasteiger partial charge in [-0.25, -0.2) is 9.97 Å². The van der Waals surface area contributed by atoms with Crippen molar-refractivity contribution in [3.8, 4) is 22.6 Å². The lowest BCUT2D eigenvalue weighted by Crippen LogP contribution is -2.31. The number of benzene rings is 2. The molecule has 5 rings (SSSR count). The van der Waals surface area contributed by atoms with Gasteiger partial charge in [0, 0.05) is 59.7 Å². The summed E-state index contributed by atoms with van der Waals surface area (Å²) in [5.41, 5.74) is 13.1. The van der Waals surface area contributed by atoms with Crippen LogP contribution in [-0.4, -0.2) is 31.6 Å². The lowest BCUT2D eigenvalue weighted by Gasteiger charge is -2.28. The Kier molecular flexibility index (Phi) is 4.94. The quantitative estimate of drug-likeness (QED) is 0.484. The van der Waals surface area contributed by atoms with E-state index in [-0.39, 0.29) is 0 Å². The van der Waals surface area contributed by atoms with Gasteiger partial charge >= 0.3 is 0 Å². The highest BCUT2D eigenvalue weighted by Crippen LogP contribution is 2.27. The van der Waals surface area contributed by atoms with Crippen molar-refractivity contribution in [2.75, 3.05) is 12.3 Å². The van der Waals surface area contributed by atoms with Crippen molar-refractivity contribution in [1.29, 1.82) is 0 Å². The van der Waals surface area contributed by atoms with E-state index in [0.717, 1.165) is 65.1 Å². The smallest absolute Gasteiger partial charge is 0.159 e. The molecular weight excluding hydrogens is 396 g/mol. The minimum Gasteiger partial charge on any atom is -0.399 e. The number of fused-ring (bicyclic) bond motifs is 1. The van der Waals surface area contributed by atoms with E-state index >= 15 is 0 Å². The van der Waals surface area contributed by atoms with Crippen molar-refractivity contribution in [2.45, 2.75) is 19.5 Å². The maximum absolute atomic E-state index is 6.02. The van der Waals surface area contributed by atoms with Gasteiger partial charge in [0.05, 0.1) is 17.6 Å². The molecule has 0 atom stereocenters. The standard InChI is InChI=1S/C23H21ClN6/c24-19-5-1-15(2-6-19)22-18(12-27-29-22)14-30-10-9-21-17(13-30)11-26-23(28-21)16-3-7-20(25)8-4-16/h1-8,11-12H,9-10,13-14,25H2,(H,27,29). The lowest BCUT2D eigenvalue weighted by molar-refractivity contribution is 0.243. The summed E-state index contributed by atoms with van der Waals surface area (Å²) < 4.78 is 0. The second-order valence-corrected chi connectivity index (χ2v) is 7.96. The number of nitrogens with zero attached hydrogens (tertiary/aromatic N) is 4. The average Bonchev–Trinajstić information content (AvgIpc) is 3.22. The number of H-pyrrole nitrogens is 1. The molecule has 0 unspecified atom stereocenters. The fraction of sp³-hybridized carbons (Fsp3) is 0.174. The van der Waals surface area contributed by atoms with E-state index in [4.69, 9.17) is 22.3 Å². The van der Waals surface area contributed by atoms with E-state index < -0.39 is 0 Å². The molecule has 0 saturated carbocycles. The van der Waals surface area contributed by atoms with Gasteiger partial charge in [0.25, 0.3) is 0 Å². The summed E-state index contributed by atoms with van der Waals surface area (Å²) in [6.45, 7) is 2.58. The molecule has 0 amide bonds. The summed E-state index contributed by atoms with van der Waals surface area (Å²) in [6.07, 6.45) is 4.75. The number of nitrogens with two attached hydrogens (primary N) is 1. The van der Waals surface area contributed by atoms with Crippen LogP contribution in [0.3, 0.4) is 0 Å². The molecule has 2 aromatic heterocycles. The van der Waals surface area contributed by atoms with Crippen LogP contribution in [0.15, 0.2) is 60.9 Å². The molecule has 2 aromatic carbocycles. The molecule has 0 bridgehead atoms. The number of halogens is 1. The summed E-state index contributed by atoms with van der Waals surface area (Å²) >= 11 is 6.02. The summed E-state index contributed by atoms with van der Waals surface area (Å²) in [5.74, 6) is 0.752. The second kappa shape index (κ2) is 7.89. The van der Waals surface area contributed by atoms with Crippen LogP contribution >= 0.6 is 11.6 Å². The van der Waals surface area contributed by atoms with E-state index in [1.807, 2.05) is 60.9 Å². The first-order valence-electron chi connectivity index (χ1n) is 9.87. The second-order valence-electron chi connectivity index (χ2n) is 7.53. The van der Waals surface area contributed by atoms with Gasteiger partial charge in [-0.2, -0.15) is 5.10 Å². The number of aromatic amines is 1. The molecule has 3 N–H and O–H groups in total. The van der Waals surface area contributed by atoms with Gasteiger partial charge in [0.1, 0.15) is 0 Å². The molecule has 30 heavy (non-hydrogen) atoms. The number of nitrogens with one attached hydrogen (secondary N) is 1. The monoisotopic (exact) mass is 416 g/mol. The first kappa shape index (κ1) is 18.8. The molecule has 0 fully saturated rings. The zero-order valence-corrected chi connectivity index (χ0v) is 17.1. The maximum Gasteiger partial charge on any atom is 0.159 e. The van der Waals surface area contributed by atoms with E-state index in [0.29, 0.717) is 0 Å². The first-order valence-corrected chi connectivity index (χ1v) is 10.2. The van der Waals surface area contributed by atoms with Crippen molar-refractivity contribution in [3.63, 3.8) is 0 Å². The van der Waals surface area contributed by atoms with Gasteiger partial charge in [-0.15, -0.1) is 0 Å². The van der Waals surface area contributed by atoms with Crippen molar-refractivity contribution in [2.24, 2.45) is 0 Å². The Labute approximate surface area is 179 Å². The van der Waals surface area contributed by atoms with Crippen molar-refractivity contribution < 1.29 is 0 Å². The minimum atomic E-state index is 0.728. The van der Waals surface area contributed by atoms with Gasteiger partial charge in [-0.3, -0.25) is 10.00 Å². The Morgan fingerprint density at radius 2 is 1.77 bits per heavy atom. The van der Waals surface area contributed by atoms with Crippen LogP contribution in [-0.2, 0) is 19.5 Å². The van der Waals surface area contributed by atoms with Crippen molar-refractivity contribution in [3.05, 3.63) is 82.8 Å². The van der Waals surface area contributed by atoms with Crippen molar-refractivity contribution in [1.82, 2.24) is 25.1 Å². The van der Waals surface area contributed by atoms with Crippen molar-refractivity contribution >= 4 is 17.3 Å². The fourth-order valence-electron chi connectivity index (χ4n) is 3.82. The van der Waals surface area contributed by atoms with Gasteiger partial charge in [-0.1, -0.05) is 23.7 Å². The number of rotatable bonds is 4. The summed E-state index contributed by atoms with van der Waals surface area (Å²) in [6, 6.07) is 15.5. The zero-order valence-electron chi connectivity index (χ0n) is 16.3. The molecule has 1 aliphatic heterocycles. The molecule has 1 aliphatic rings. The molecule has 7 heteroatoms. The van der Waals surface area contributed by atoms with E-state index in [1.165, 1.54) is 11.1 Å². The normalized spacial score (nSPS) is 13.9. The highest BCUT2D eigenvalue weighted by Gasteiger charge is 2.20. The Bertz CT molecular complexity index is 1170. The number of hydrogen-bond donors (Lipinski definition) is 2. The lowest BCUT2D eigenvalue weighted by atomic mass is 10.0. The third kappa shape index (κ3) is 3.79.